The van der Waals surface area contributed by atoms with Gasteiger partial charge in [0, 0.05) is 5.39 Å². The fourth-order valence-electron chi connectivity index (χ4n) is 4.49. The van der Waals surface area contributed by atoms with E-state index in [9.17, 15) is 0 Å². The molecule has 0 saturated heterocycles. The first kappa shape index (κ1) is 18.7. The van der Waals surface area contributed by atoms with Crippen molar-refractivity contribution in [1.29, 1.82) is 0 Å². The Kier molecular flexibility index (Phi) is 5.15. The van der Waals surface area contributed by atoms with Crippen LogP contribution in [-0.4, -0.2) is 13.2 Å². The van der Waals surface area contributed by atoms with E-state index in [1.165, 1.54) is 40.5 Å². The number of hydrogen-bond donors (Lipinski definition) is 0. The lowest BCUT2D eigenvalue weighted by Crippen LogP contribution is -2.12. The molecule has 5 rings (SSSR count). The lowest BCUT2D eigenvalue weighted by atomic mass is 9.94. The van der Waals surface area contributed by atoms with Gasteiger partial charge in [-0.05, 0) is 65.5 Å². The van der Waals surface area contributed by atoms with Crippen LogP contribution in [0.25, 0.3) is 33.0 Å². The molecule has 0 aromatic heterocycles. The third-order valence-corrected chi connectivity index (χ3v) is 6.05. The van der Waals surface area contributed by atoms with E-state index < -0.39 is 0 Å². The Balaban J connectivity index is 1.74. The molecule has 0 heterocycles. The second-order valence-corrected chi connectivity index (χ2v) is 7.97. The summed E-state index contributed by atoms with van der Waals surface area (Å²) in [6, 6.07) is 29.8. The van der Waals surface area contributed by atoms with Crippen LogP contribution in [-0.2, 0) is 0 Å². The maximum atomic E-state index is 6.57. The zero-order valence-corrected chi connectivity index (χ0v) is 17.3. The zero-order valence-electron chi connectivity index (χ0n) is 17.3. The van der Waals surface area contributed by atoms with E-state index in [0.717, 1.165) is 29.7 Å². The Bertz CT molecular complexity index is 1140. The molecule has 0 spiro atoms. The van der Waals surface area contributed by atoms with Crippen molar-refractivity contribution in [2.24, 2.45) is 0 Å². The van der Waals surface area contributed by atoms with Crippen LogP contribution in [0.4, 0.5) is 0 Å². The van der Waals surface area contributed by atoms with Crippen molar-refractivity contribution >= 4 is 10.8 Å². The molecule has 1 aliphatic carbocycles. The van der Waals surface area contributed by atoms with E-state index in [1.807, 2.05) is 6.07 Å². The monoisotopic (exact) mass is 394 g/mol. The number of benzene rings is 4. The van der Waals surface area contributed by atoms with Gasteiger partial charge in [0.1, 0.15) is 0 Å². The topological polar surface area (TPSA) is 18.5 Å². The van der Waals surface area contributed by atoms with Crippen molar-refractivity contribution in [2.45, 2.75) is 31.8 Å². The first-order valence-corrected chi connectivity index (χ1v) is 10.8. The summed E-state index contributed by atoms with van der Waals surface area (Å²) in [5.74, 6) is 1.68. The molecule has 30 heavy (non-hydrogen) atoms. The SMILES string of the molecule is COc1cc(-c2ccccc2)c2ccc(-c3ccccc3)cc2c1OC1CCCC1. The number of fused-ring (bicyclic) bond motifs is 1. The molecule has 0 N–H and O–H groups in total. The van der Waals surface area contributed by atoms with Crippen molar-refractivity contribution in [2.75, 3.05) is 7.11 Å². The van der Waals surface area contributed by atoms with Crippen molar-refractivity contribution in [3.05, 3.63) is 84.9 Å². The highest BCUT2D eigenvalue weighted by Crippen LogP contribution is 2.44. The number of hydrogen-bond acceptors (Lipinski definition) is 2. The highest BCUT2D eigenvalue weighted by atomic mass is 16.5. The quantitative estimate of drug-likeness (QED) is 0.349. The average molecular weight is 395 g/mol. The Labute approximate surface area is 178 Å². The summed E-state index contributed by atoms with van der Waals surface area (Å²) in [4.78, 5) is 0. The number of rotatable bonds is 5. The van der Waals surface area contributed by atoms with E-state index in [4.69, 9.17) is 9.47 Å². The van der Waals surface area contributed by atoms with Gasteiger partial charge in [-0.15, -0.1) is 0 Å². The van der Waals surface area contributed by atoms with Crippen molar-refractivity contribution in [3.63, 3.8) is 0 Å². The highest BCUT2D eigenvalue weighted by Gasteiger charge is 2.22. The van der Waals surface area contributed by atoms with Gasteiger partial charge in [-0.3, -0.25) is 0 Å². The van der Waals surface area contributed by atoms with Crippen molar-refractivity contribution in [1.82, 2.24) is 0 Å². The summed E-state index contributed by atoms with van der Waals surface area (Å²) in [6.07, 6.45) is 4.97. The minimum Gasteiger partial charge on any atom is -0.493 e. The van der Waals surface area contributed by atoms with Crippen LogP contribution in [0.1, 0.15) is 25.7 Å². The fourth-order valence-corrected chi connectivity index (χ4v) is 4.49. The maximum Gasteiger partial charge on any atom is 0.169 e. The molecule has 4 aromatic rings. The van der Waals surface area contributed by atoms with Gasteiger partial charge in [0.05, 0.1) is 13.2 Å². The summed E-state index contributed by atoms with van der Waals surface area (Å²) in [6.45, 7) is 0. The fraction of sp³-hybridized carbons (Fsp3) is 0.214. The molecule has 0 bridgehead atoms. The maximum absolute atomic E-state index is 6.57. The summed E-state index contributed by atoms with van der Waals surface area (Å²) >= 11 is 0. The standard InChI is InChI=1S/C28H26O2/c1-29-27-19-25(21-12-6-3-7-13-21)24-17-16-22(20-10-4-2-5-11-20)18-26(24)28(27)30-23-14-8-9-15-23/h2-7,10-13,16-19,23H,8-9,14-15H2,1H3. The Morgan fingerprint density at radius 1 is 0.667 bits per heavy atom. The summed E-state index contributed by atoms with van der Waals surface area (Å²) in [5, 5.41) is 2.30. The average Bonchev–Trinajstić information content (AvgIpc) is 3.33. The molecule has 0 atom stereocenters. The van der Waals surface area contributed by atoms with Crippen LogP contribution >= 0.6 is 0 Å². The lowest BCUT2D eigenvalue weighted by Gasteiger charge is -2.20. The first-order valence-electron chi connectivity index (χ1n) is 10.8. The molecule has 4 aromatic carbocycles. The normalized spacial score (nSPS) is 14.2. The predicted octanol–water partition coefficient (Wildman–Crippen LogP) is 7.50. The highest BCUT2D eigenvalue weighted by molar-refractivity contribution is 6.03. The minimum absolute atomic E-state index is 0.269. The molecule has 150 valence electrons. The molecule has 1 fully saturated rings. The third kappa shape index (κ3) is 3.54. The molecular formula is C28H26O2. The molecule has 0 unspecified atom stereocenters. The minimum atomic E-state index is 0.269. The van der Waals surface area contributed by atoms with E-state index in [1.54, 1.807) is 7.11 Å². The van der Waals surface area contributed by atoms with E-state index in [2.05, 4.69) is 78.9 Å². The molecule has 0 amide bonds. The van der Waals surface area contributed by atoms with Crippen LogP contribution < -0.4 is 9.47 Å². The van der Waals surface area contributed by atoms with Gasteiger partial charge >= 0.3 is 0 Å². The number of methoxy groups -OCH3 is 1. The van der Waals surface area contributed by atoms with Crippen LogP contribution in [0, 0.1) is 0 Å². The molecule has 0 radical (unpaired) electrons. The molecule has 2 heteroatoms. The molecule has 0 aliphatic heterocycles. The Morgan fingerprint density at radius 3 is 2.00 bits per heavy atom. The molecular weight excluding hydrogens is 368 g/mol. The van der Waals surface area contributed by atoms with E-state index in [0.29, 0.717) is 0 Å². The van der Waals surface area contributed by atoms with Gasteiger partial charge in [-0.25, -0.2) is 0 Å². The van der Waals surface area contributed by atoms with Gasteiger partial charge < -0.3 is 9.47 Å². The first-order chi connectivity index (χ1) is 14.8. The van der Waals surface area contributed by atoms with Gasteiger partial charge in [0.15, 0.2) is 11.5 Å². The van der Waals surface area contributed by atoms with E-state index >= 15 is 0 Å². The zero-order chi connectivity index (χ0) is 20.3. The van der Waals surface area contributed by atoms with Crippen LogP contribution in [0.2, 0.25) is 0 Å². The van der Waals surface area contributed by atoms with E-state index in [-0.39, 0.29) is 6.10 Å². The lowest BCUT2D eigenvalue weighted by molar-refractivity contribution is 0.203. The van der Waals surface area contributed by atoms with Gasteiger partial charge in [-0.2, -0.15) is 0 Å². The van der Waals surface area contributed by atoms with Crippen molar-refractivity contribution < 1.29 is 9.47 Å². The summed E-state index contributed by atoms with van der Waals surface area (Å²) in [7, 11) is 1.73. The smallest absolute Gasteiger partial charge is 0.169 e. The van der Waals surface area contributed by atoms with Crippen molar-refractivity contribution in [3.8, 4) is 33.8 Å². The number of ether oxygens (including phenoxy) is 2. The summed E-state index contributed by atoms with van der Waals surface area (Å²) < 4.78 is 12.4. The molecule has 2 nitrogen and oxygen atoms in total. The third-order valence-electron chi connectivity index (χ3n) is 6.05. The Morgan fingerprint density at radius 2 is 1.33 bits per heavy atom. The van der Waals surface area contributed by atoms with Gasteiger partial charge in [0.25, 0.3) is 0 Å². The predicted molar refractivity (Wildman–Crippen MR) is 124 cm³/mol. The Hall–Kier alpha value is -3.26. The molecule has 1 aliphatic rings. The molecule has 1 saturated carbocycles. The summed E-state index contributed by atoms with van der Waals surface area (Å²) in [5.41, 5.74) is 4.74. The van der Waals surface area contributed by atoms with Crippen LogP contribution in [0.3, 0.4) is 0 Å². The van der Waals surface area contributed by atoms with Gasteiger partial charge in [0.2, 0.25) is 0 Å². The largest absolute Gasteiger partial charge is 0.493 e. The van der Waals surface area contributed by atoms with Crippen LogP contribution in [0.5, 0.6) is 11.5 Å². The van der Waals surface area contributed by atoms with Gasteiger partial charge in [-0.1, -0.05) is 72.8 Å². The second-order valence-electron chi connectivity index (χ2n) is 7.97. The second kappa shape index (κ2) is 8.23. The van der Waals surface area contributed by atoms with Crippen LogP contribution in [0.15, 0.2) is 84.9 Å².